The number of para-hydroxylation sites is 1. The molecule has 0 aromatic heterocycles. The molecule has 0 bridgehead atoms. The Hall–Kier alpha value is -2.21. The standard InChI is InChI=1S/C11H12N2O4/c1-2-7-12-10(11(14)15)8-5-3-4-6-9(8)13(16)17/h2-6,10,12H,1,7H2,(H,14,15). The Labute approximate surface area is 97.7 Å². The smallest absolute Gasteiger partial charge is 0.325 e. The third-order valence-electron chi connectivity index (χ3n) is 2.16. The molecular weight excluding hydrogens is 224 g/mol. The van der Waals surface area contributed by atoms with Crippen molar-refractivity contribution in [3.05, 3.63) is 52.6 Å². The average Bonchev–Trinajstić information content (AvgIpc) is 2.29. The van der Waals surface area contributed by atoms with Gasteiger partial charge in [0.25, 0.3) is 5.69 Å². The highest BCUT2D eigenvalue weighted by atomic mass is 16.6. The van der Waals surface area contributed by atoms with E-state index >= 15 is 0 Å². The molecule has 0 fully saturated rings. The van der Waals surface area contributed by atoms with Gasteiger partial charge in [0.1, 0.15) is 6.04 Å². The molecule has 0 saturated heterocycles. The van der Waals surface area contributed by atoms with Crippen molar-refractivity contribution in [3.63, 3.8) is 0 Å². The lowest BCUT2D eigenvalue weighted by Gasteiger charge is -2.13. The summed E-state index contributed by atoms with van der Waals surface area (Å²) in [6.07, 6.45) is 1.49. The van der Waals surface area contributed by atoms with Crippen molar-refractivity contribution >= 4 is 11.7 Å². The van der Waals surface area contributed by atoms with Crippen molar-refractivity contribution < 1.29 is 14.8 Å². The van der Waals surface area contributed by atoms with Gasteiger partial charge in [0.05, 0.1) is 10.5 Å². The van der Waals surface area contributed by atoms with Gasteiger partial charge in [0, 0.05) is 12.6 Å². The molecule has 90 valence electrons. The lowest BCUT2D eigenvalue weighted by atomic mass is 10.0. The Morgan fingerprint density at radius 3 is 2.76 bits per heavy atom. The number of carboxylic acids is 1. The molecule has 1 aromatic carbocycles. The molecule has 17 heavy (non-hydrogen) atoms. The predicted molar refractivity (Wildman–Crippen MR) is 61.7 cm³/mol. The maximum atomic E-state index is 11.1. The number of aliphatic carboxylic acids is 1. The fourth-order valence-corrected chi connectivity index (χ4v) is 1.43. The van der Waals surface area contributed by atoms with E-state index in [0.29, 0.717) is 0 Å². The quantitative estimate of drug-likeness (QED) is 0.443. The number of nitrogens with one attached hydrogen (secondary N) is 1. The second-order valence-corrected chi connectivity index (χ2v) is 3.28. The number of hydrogen-bond donors (Lipinski definition) is 2. The minimum atomic E-state index is -1.17. The summed E-state index contributed by atoms with van der Waals surface area (Å²) in [5, 5.41) is 22.5. The molecule has 1 rings (SSSR count). The minimum Gasteiger partial charge on any atom is -0.480 e. The lowest BCUT2D eigenvalue weighted by molar-refractivity contribution is -0.385. The Bertz CT molecular complexity index is 445. The minimum absolute atomic E-state index is 0.131. The van der Waals surface area contributed by atoms with Crippen LogP contribution >= 0.6 is 0 Å². The first kappa shape index (κ1) is 12.9. The molecule has 0 amide bonds. The van der Waals surface area contributed by atoms with Gasteiger partial charge in [0.2, 0.25) is 0 Å². The van der Waals surface area contributed by atoms with Crippen LogP contribution in [-0.2, 0) is 4.79 Å². The molecule has 6 nitrogen and oxygen atoms in total. The van der Waals surface area contributed by atoms with Crippen LogP contribution in [0.5, 0.6) is 0 Å². The number of benzene rings is 1. The molecule has 0 heterocycles. The molecule has 2 N–H and O–H groups in total. The maximum absolute atomic E-state index is 11.1. The number of nitrogens with zero attached hydrogens (tertiary/aromatic N) is 1. The van der Waals surface area contributed by atoms with E-state index in [-0.39, 0.29) is 17.8 Å². The molecule has 6 heteroatoms. The van der Waals surface area contributed by atoms with E-state index < -0.39 is 16.9 Å². The molecule has 0 aliphatic carbocycles. The maximum Gasteiger partial charge on any atom is 0.325 e. The van der Waals surface area contributed by atoms with Crippen molar-refractivity contribution in [1.29, 1.82) is 0 Å². The number of nitro benzene ring substituents is 1. The van der Waals surface area contributed by atoms with Crippen LogP contribution in [0.15, 0.2) is 36.9 Å². The summed E-state index contributed by atoms with van der Waals surface area (Å²) in [7, 11) is 0. The van der Waals surface area contributed by atoms with Gasteiger partial charge in [-0.1, -0.05) is 18.2 Å². The summed E-state index contributed by atoms with van der Waals surface area (Å²) < 4.78 is 0. The van der Waals surface area contributed by atoms with Gasteiger partial charge in [-0.25, -0.2) is 0 Å². The van der Waals surface area contributed by atoms with Gasteiger partial charge in [0.15, 0.2) is 0 Å². The van der Waals surface area contributed by atoms with Gasteiger partial charge < -0.3 is 5.11 Å². The van der Waals surface area contributed by atoms with Crippen LogP contribution in [0.4, 0.5) is 5.69 Å². The third-order valence-corrected chi connectivity index (χ3v) is 2.16. The second kappa shape index (κ2) is 5.76. The highest BCUT2D eigenvalue weighted by molar-refractivity contribution is 5.77. The Balaban J connectivity index is 3.13. The zero-order valence-corrected chi connectivity index (χ0v) is 9.00. The van der Waals surface area contributed by atoms with E-state index in [4.69, 9.17) is 5.11 Å². The van der Waals surface area contributed by atoms with Crippen molar-refractivity contribution in [3.8, 4) is 0 Å². The molecule has 0 radical (unpaired) electrons. The average molecular weight is 236 g/mol. The van der Waals surface area contributed by atoms with Crippen LogP contribution in [0, 0.1) is 10.1 Å². The zero-order valence-electron chi connectivity index (χ0n) is 9.00. The van der Waals surface area contributed by atoms with Crippen molar-refractivity contribution in [2.75, 3.05) is 6.54 Å². The van der Waals surface area contributed by atoms with E-state index in [0.717, 1.165) is 0 Å². The summed E-state index contributed by atoms with van der Waals surface area (Å²) in [6.45, 7) is 3.71. The molecular formula is C11H12N2O4. The van der Waals surface area contributed by atoms with Crippen LogP contribution in [0.25, 0.3) is 0 Å². The van der Waals surface area contributed by atoms with Crippen molar-refractivity contribution in [1.82, 2.24) is 5.32 Å². The van der Waals surface area contributed by atoms with Crippen LogP contribution in [-0.4, -0.2) is 22.5 Å². The van der Waals surface area contributed by atoms with Gasteiger partial charge >= 0.3 is 5.97 Å². The van der Waals surface area contributed by atoms with E-state index in [1.54, 1.807) is 6.07 Å². The first-order valence-corrected chi connectivity index (χ1v) is 4.88. The molecule has 1 unspecified atom stereocenters. The highest BCUT2D eigenvalue weighted by Crippen LogP contribution is 2.24. The summed E-state index contributed by atoms with van der Waals surface area (Å²) >= 11 is 0. The normalized spacial score (nSPS) is 11.8. The number of nitro groups is 1. The Morgan fingerprint density at radius 2 is 2.24 bits per heavy atom. The van der Waals surface area contributed by atoms with E-state index in [9.17, 15) is 14.9 Å². The van der Waals surface area contributed by atoms with Gasteiger partial charge in [-0.15, -0.1) is 6.58 Å². The predicted octanol–water partition coefficient (Wildman–Crippen LogP) is 1.50. The zero-order chi connectivity index (χ0) is 12.8. The molecule has 0 aliphatic heterocycles. The fourth-order valence-electron chi connectivity index (χ4n) is 1.43. The molecule has 0 aliphatic rings. The van der Waals surface area contributed by atoms with Crippen LogP contribution in [0.3, 0.4) is 0 Å². The number of carboxylic acid groups (broad SMARTS) is 1. The summed E-state index contributed by atoms with van der Waals surface area (Å²) in [5.41, 5.74) is -0.0803. The van der Waals surface area contributed by atoms with Crippen molar-refractivity contribution in [2.45, 2.75) is 6.04 Å². The first-order valence-electron chi connectivity index (χ1n) is 4.88. The monoisotopic (exact) mass is 236 g/mol. The summed E-state index contributed by atoms with van der Waals surface area (Å²) in [6, 6.07) is 4.64. The highest BCUT2D eigenvalue weighted by Gasteiger charge is 2.26. The number of rotatable bonds is 6. The van der Waals surface area contributed by atoms with Gasteiger partial charge in [-0.2, -0.15) is 0 Å². The van der Waals surface area contributed by atoms with Crippen molar-refractivity contribution in [2.24, 2.45) is 0 Å². The number of hydrogen-bond acceptors (Lipinski definition) is 4. The second-order valence-electron chi connectivity index (χ2n) is 3.28. The molecule has 1 atom stereocenters. The Kier molecular flexibility index (Phi) is 4.36. The van der Waals surface area contributed by atoms with Crippen LogP contribution < -0.4 is 5.32 Å². The van der Waals surface area contributed by atoms with E-state index in [2.05, 4.69) is 11.9 Å². The topological polar surface area (TPSA) is 92.5 Å². The fraction of sp³-hybridized carbons (Fsp3) is 0.182. The molecule has 1 aromatic rings. The van der Waals surface area contributed by atoms with E-state index in [1.165, 1.54) is 24.3 Å². The molecule has 0 saturated carbocycles. The summed E-state index contributed by atoms with van der Waals surface area (Å²) in [5.74, 6) is -1.17. The van der Waals surface area contributed by atoms with Crippen LogP contribution in [0.2, 0.25) is 0 Å². The lowest BCUT2D eigenvalue weighted by Crippen LogP contribution is -2.29. The van der Waals surface area contributed by atoms with Gasteiger partial charge in [-0.05, 0) is 6.07 Å². The third kappa shape index (κ3) is 3.12. The van der Waals surface area contributed by atoms with Gasteiger partial charge in [-0.3, -0.25) is 20.2 Å². The van der Waals surface area contributed by atoms with Crippen LogP contribution in [0.1, 0.15) is 11.6 Å². The largest absolute Gasteiger partial charge is 0.480 e. The number of carbonyl (C=O) groups is 1. The SMILES string of the molecule is C=CCNC(C(=O)O)c1ccccc1[N+](=O)[O-]. The Morgan fingerprint density at radius 1 is 1.59 bits per heavy atom. The summed E-state index contributed by atoms with van der Waals surface area (Å²) in [4.78, 5) is 21.3. The van der Waals surface area contributed by atoms with E-state index in [1.807, 2.05) is 0 Å². The first-order chi connectivity index (χ1) is 8.07. The molecule has 0 spiro atoms.